The smallest absolute Gasteiger partial charge is 0.334 e. The number of benzene rings is 3. The molecule has 3 aromatic carbocycles. The fourth-order valence-electron chi connectivity index (χ4n) is 3.72. The number of carbonyl (C=O) groups excluding carboxylic acids is 1. The molecule has 0 amide bonds. The molecule has 0 atom stereocenters. The third kappa shape index (κ3) is 2.88. The van der Waals surface area contributed by atoms with E-state index in [4.69, 9.17) is 4.74 Å². The minimum atomic E-state index is -1.12. The molecule has 0 N–H and O–H groups in total. The van der Waals surface area contributed by atoms with Gasteiger partial charge >= 0.3 is 5.97 Å². The van der Waals surface area contributed by atoms with Crippen LogP contribution in [0, 0.1) is 5.21 Å². The van der Waals surface area contributed by atoms with Crippen LogP contribution in [0.1, 0.15) is 23.6 Å². The second kappa shape index (κ2) is 6.98. The van der Waals surface area contributed by atoms with Crippen molar-refractivity contribution in [3.8, 4) is 0 Å². The summed E-state index contributed by atoms with van der Waals surface area (Å²) in [7, 11) is 0. The summed E-state index contributed by atoms with van der Waals surface area (Å²) >= 11 is 0. The molecular formula is C24H20NO3-. The topological polar surface area (TPSA) is 52.6 Å². The lowest BCUT2D eigenvalue weighted by atomic mass is 9.77. The number of carbonyl (C=O) groups is 1. The van der Waals surface area contributed by atoms with Gasteiger partial charge in [-0.3, -0.25) is 0 Å². The number of nitrogens with zero attached hydrogens (tertiary/aromatic N) is 1. The van der Waals surface area contributed by atoms with Gasteiger partial charge in [0.15, 0.2) is 5.60 Å². The first kappa shape index (κ1) is 18.0. The van der Waals surface area contributed by atoms with Crippen molar-refractivity contribution in [1.82, 2.24) is 0 Å². The fourth-order valence-corrected chi connectivity index (χ4v) is 3.72. The van der Waals surface area contributed by atoms with Gasteiger partial charge in [0, 0.05) is 34.5 Å². The van der Waals surface area contributed by atoms with Gasteiger partial charge in [-0.15, -0.1) is 0 Å². The largest absolute Gasteiger partial charge is 0.754 e. The maximum atomic E-state index is 13.0. The van der Waals surface area contributed by atoms with Crippen LogP contribution in [0.2, 0.25) is 0 Å². The number of hydrogen-bond donors (Lipinski definition) is 0. The van der Waals surface area contributed by atoms with Crippen LogP contribution >= 0.6 is 0 Å². The molecule has 0 saturated carbocycles. The number of ether oxygens (including phenoxy) is 1. The number of esters is 1. The van der Waals surface area contributed by atoms with Crippen LogP contribution in [0.25, 0.3) is 0 Å². The summed E-state index contributed by atoms with van der Waals surface area (Å²) in [5.74, 6) is -0.486. The monoisotopic (exact) mass is 370 g/mol. The minimum Gasteiger partial charge on any atom is -0.754 e. The summed E-state index contributed by atoms with van der Waals surface area (Å²) in [5, 5.41) is 13.9. The van der Waals surface area contributed by atoms with Crippen molar-refractivity contribution in [3.63, 3.8) is 0 Å². The van der Waals surface area contributed by atoms with E-state index in [-0.39, 0.29) is 0 Å². The average Bonchev–Trinajstić information content (AvgIpc) is 2.72. The van der Waals surface area contributed by atoms with Gasteiger partial charge in [-0.2, -0.15) is 0 Å². The molecule has 0 spiro atoms. The molecule has 0 saturated heterocycles. The molecule has 28 heavy (non-hydrogen) atoms. The van der Waals surface area contributed by atoms with Crippen molar-refractivity contribution in [1.29, 1.82) is 0 Å². The van der Waals surface area contributed by atoms with E-state index in [2.05, 4.69) is 6.58 Å². The van der Waals surface area contributed by atoms with Gasteiger partial charge in [0.25, 0.3) is 0 Å². The van der Waals surface area contributed by atoms with Crippen LogP contribution in [-0.4, -0.2) is 5.97 Å². The quantitative estimate of drug-likeness (QED) is 0.465. The van der Waals surface area contributed by atoms with E-state index >= 15 is 0 Å². The first-order valence-electron chi connectivity index (χ1n) is 9.12. The zero-order chi connectivity index (χ0) is 19.7. The Hall–Kier alpha value is -3.37. The van der Waals surface area contributed by atoms with Gasteiger partial charge in [-0.25, -0.2) is 4.79 Å². The van der Waals surface area contributed by atoms with Crippen LogP contribution < -0.4 is 5.06 Å². The van der Waals surface area contributed by atoms with Gasteiger partial charge < -0.3 is 15.0 Å². The predicted octanol–water partition coefficient (Wildman–Crippen LogP) is 5.24. The Kier molecular flexibility index (Phi) is 4.49. The predicted molar refractivity (Wildman–Crippen MR) is 110 cm³/mol. The second-order valence-electron chi connectivity index (χ2n) is 6.99. The average molecular weight is 370 g/mol. The Morgan fingerprint density at radius 1 is 0.929 bits per heavy atom. The molecule has 0 radical (unpaired) electrons. The van der Waals surface area contributed by atoms with E-state index < -0.39 is 11.6 Å². The highest BCUT2D eigenvalue weighted by Gasteiger charge is 2.45. The standard InChI is InChI=1S/C24H20NO3/c1-17(2)23(26)28-24(16-18-10-4-3-5-11-18)19-12-6-8-14-21(19)25(27)22-15-9-7-13-20(22)24/h3-15H,1,16H2,2H3/q-1. The van der Waals surface area contributed by atoms with Crippen LogP contribution in [0.4, 0.5) is 11.4 Å². The molecule has 4 rings (SSSR count). The molecule has 0 unspecified atom stereocenters. The molecule has 1 heterocycles. The Bertz CT molecular complexity index is 995. The maximum absolute atomic E-state index is 13.0. The molecule has 140 valence electrons. The molecule has 3 aromatic rings. The van der Waals surface area contributed by atoms with Crippen molar-refractivity contribution >= 4 is 17.3 Å². The molecule has 0 aromatic heterocycles. The summed E-state index contributed by atoms with van der Waals surface area (Å²) in [6, 6.07) is 24.4. The lowest BCUT2D eigenvalue weighted by Crippen LogP contribution is -2.41. The van der Waals surface area contributed by atoms with Crippen molar-refractivity contribution in [3.05, 3.63) is 113 Å². The van der Waals surface area contributed by atoms with Crippen molar-refractivity contribution in [2.45, 2.75) is 18.9 Å². The normalized spacial score (nSPS) is 14.0. The third-order valence-electron chi connectivity index (χ3n) is 5.03. The number of para-hydroxylation sites is 2. The van der Waals surface area contributed by atoms with E-state index in [0.29, 0.717) is 34.5 Å². The lowest BCUT2D eigenvalue weighted by Gasteiger charge is -2.47. The fraction of sp³-hybridized carbons (Fsp3) is 0.125. The first-order valence-corrected chi connectivity index (χ1v) is 9.12. The Morgan fingerprint density at radius 2 is 1.43 bits per heavy atom. The second-order valence-corrected chi connectivity index (χ2v) is 6.99. The molecule has 1 aliphatic rings. The van der Waals surface area contributed by atoms with Crippen LogP contribution in [0.15, 0.2) is 91.0 Å². The van der Waals surface area contributed by atoms with Gasteiger partial charge in [-0.1, -0.05) is 73.3 Å². The third-order valence-corrected chi connectivity index (χ3v) is 5.03. The number of fused-ring (bicyclic) bond motifs is 2. The highest BCUT2D eigenvalue weighted by Crippen LogP contribution is 2.51. The van der Waals surface area contributed by atoms with Crippen molar-refractivity contribution in [2.24, 2.45) is 0 Å². The molecule has 4 nitrogen and oxygen atoms in total. The van der Waals surface area contributed by atoms with E-state index in [0.717, 1.165) is 10.6 Å². The summed E-state index contributed by atoms with van der Waals surface area (Å²) in [5.41, 5.74) is 2.49. The lowest BCUT2D eigenvalue weighted by molar-refractivity contribution is -0.151. The Morgan fingerprint density at radius 3 is 1.96 bits per heavy atom. The Balaban J connectivity index is 2.00. The zero-order valence-electron chi connectivity index (χ0n) is 15.6. The van der Waals surface area contributed by atoms with E-state index in [1.54, 1.807) is 19.1 Å². The summed E-state index contributed by atoms with van der Waals surface area (Å²) in [6.45, 7) is 5.36. The summed E-state index contributed by atoms with van der Waals surface area (Å²) in [6.07, 6.45) is 0.411. The van der Waals surface area contributed by atoms with Gasteiger partial charge in [0.2, 0.25) is 0 Å². The molecule has 4 heteroatoms. The Labute approximate surface area is 164 Å². The summed E-state index contributed by atoms with van der Waals surface area (Å²) in [4.78, 5) is 12.7. The number of hydrogen-bond acceptors (Lipinski definition) is 4. The maximum Gasteiger partial charge on any atom is 0.334 e. The first-order chi connectivity index (χ1) is 13.5. The van der Waals surface area contributed by atoms with Gasteiger partial charge in [0.05, 0.1) is 0 Å². The van der Waals surface area contributed by atoms with E-state index in [9.17, 15) is 10.0 Å². The molecule has 0 bridgehead atoms. The van der Waals surface area contributed by atoms with Crippen LogP contribution in [0.3, 0.4) is 0 Å². The van der Waals surface area contributed by atoms with Gasteiger partial charge in [0.1, 0.15) is 0 Å². The van der Waals surface area contributed by atoms with Crippen molar-refractivity contribution in [2.75, 3.05) is 5.06 Å². The number of anilines is 2. The SMILES string of the molecule is C=C(C)C(=O)OC1(Cc2ccccc2)c2ccccc2N([O-])c2ccccc21. The van der Waals surface area contributed by atoms with Crippen LogP contribution in [0.5, 0.6) is 0 Å². The van der Waals surface area contributed by atoms with Gasteiger partial charge in [-0.05, 0) is 24.6 Å². The van der Waals surface area contributed by atoms with Crippen molar-refractivity contribution < 1.29 is 9.53 Å². The van der Waals surface area contributed by atoms with Crippen LogP contribution in [-0.2, 0) is 21.6 Å². The highest BCUT2D eigenvalue weighted by molar-refractivity contribution is 5.89. The summed E-state index contributed by atoms with van der Waals surface area (Å²) < 4.78 is 6.14. The van der Waals surface area contributed by atoms with E-state index in [1.165, 1.54) is 0 Å². The molecule has 0 fully saturated rings. The number of rotatable bonds is 4. The zero-order valence-corrected chi connectivity index (χ0v) is 15.6. The molecule has 0 aliphatic carbocycles. The minimum absolute atomic E-state index is 0.312. The molecule has 1 aliphatic heterocycles. The van der Waals surface area contributed by atoms with E-state index in [1.807, 2.05) is 66.7 Å². The highest BCUT2D eigenvalue weighted by atomic mass is 16.6. The molecular weight excluding hydrogens is 350 g/mol.